The van der Waals surface area contributed by atoms with Crippen LogP contribution in [0.4, 0.5) is 0 Å². The van der Waals surface area contributed by atoms with Gasteiger partial charge in [0.15, 0.2) is 22.8 Å². The zero-order chi connectivity index (χ0) is 41.1. The van der Waals surface area contributed by atoms with E-state index in [9.17, 15) is 14.7 Å². The third-order valence-electron chi connectivity index (χ3n) is 12.6. The van der Waals surface area contributed by atoms with Gasteiger partial charge in [0.2, 0.25) is 5.91 Å². The number of likely N-dealkylation sites (N-methyl/N-ethyl adjacent to an activating group) is 1. The van der Waals surface area contributed by atoms with Crippen LogP contribution >= 0.6 is 0 Å². The van der Waals surface area contributed by atoms with E-state index >= 15 is 4.79 Å². The van der Waals surface area contributed by atoms with Crippen molar-refractivity contribution in [2.24, 2.45) is 11.8 Å². The van der Waals surface area contributed by atoms with Gasteiger partial charge in [-0.15, -0.1) is 0 Å². The fraction of sp³-hybridized carbons (Fsp3) is 0.479. The van der Waals surface area contributed by atoms with Gasteiger partial charge in [0.05, 0.1) is 11.2 Å². The molecule has 5 unspecified atom stereocenters. The lowest BCUT2D eigenvalue weighted by Crippen LogP contribution is -2.72. The number of Topliss-reactive ketones (excluding diaryl/α,β-unsaturated/α-hetero) is 2. The van der Waals surface area contributed by atoms with E-state index < -0.39 is 28.3 Å². The summed E-state index contributed by atoms with van der Waals surface area (Å²) in [5.41, 5.74) is 0.858. The van der Waals surface area contributed by atoms with Crippen molar-refractivity contribution in [1.82, 2.24) is 10.2 Å². The van der Waals surface area contributed by atoms with E-state index in [1.165, 1.54) is 11.1 Å². The number of nitrogens with one attached hydrogen (secondary N) is 1. The lowest BCUT2D eigenvalue weighted by molar-refractivity contribution is -0.171. The molecular formula is C48H58N2O7. The van der Waals surface area contributed by atoms with Crippen LogP contribution in [0.5, 0.6) is 17.2 Å². The summed E-state index contributed by atoms with van der Waals surface area (Å²) >= 11 is 0. The highest BCUT2D eigenvalue weighted by molar-refractivity contribution is 6.19. The smallest absolute Gasteiger partial charge is 0.248 e. The molecule has 1 spiro atoms. The SMILES string of the molecule is CC(C)=CCCC1(C)C=Cc2c(O)c3c(c(CC=C(C)C)c2O1)OC12C(=CC4CC1C(C)(C)OC2(CC=C(C)C(=O)N(C)CCNCc1ccccc1)C4=O)C3=O. The molecule has 2 fully saturated rings. The highest BCUT2D eigenvalue weighted by Gasteiger charge is 2.81. The highest BCUT2D eigenvalue weighted by Crippen LogP contribution is 2.68. The average molecular weight is 775 g/mol. The van der Waals surface area contributed by atoms with Crippen LogP contribution in [0.2, 0.25) is 0 Å². The second-order valence-electron chi connectivity index (χ2n) is 17.8. The zero-order valence-electron chi connectivity index (χ0n) is 35.0. The zero-order valence-corrected chi connectivity index (χ0v) is 35.0. The van der Waals surface area contributed by atoms with Crippen molar-refractivity contribution in [3.05, 3.63) is 105 Å². The summed E-state index contributed by atoms with van der Waals surface area (Å²) in [7, 11) is 1.77. The number of carbonyl (C=O) groups excluding carboxylic acids is 3. The molecule has 9 heteroatoms. The molecule has 0 radical (unpaired) electrons. The minimum absolute atomic E-state index is 0.0434. The molecular weight excluding hydrogens is 717 g/mol. The number of phenols is 1. The first-order valence-electron chi connectivity index (χ1n) is 20.4. The van der Waals surface area contributed by atoms with Gasteiger partial charge in [-0.05, 0) is 98.8 Å². The molecule has 6 aliphatic rings. The number of rotatable bonds is 13. The number of nitrogens with zero attached hydrogens (tertiary/aromatic N) is 1. The number of carbonyl (C=O) groups is 3. The molecule has 4 bridgehead atoms. The van der Waals surface area contributed by atoms with Crippen molar-refractivity contribution < 1.29 is 33.7 Å². The Kier molecular flexibility index (Phi) is 10.6. The number of hydrogen-bond donors (Lipinski definition) is 2. The number of amides is 1. The maximum atomic E-state index is 15.1. The Morgan fingerprint density at radius 3 is 2.40 bits per heavy atom. The van der Waals surface area contributed by atoms with Crippen LogP contribution in [0.1, 0.15) is 108 Å². The third kappa shape index (κ3) is 6.80. The van der Waals surface area contributed by atoms with Crippen molar-refractivity contribution in [3.8, 4) is 17.2 Å². The number of aromatic hydroxyl groups is 1. The molecule has 302 valence electrons. The van der Waals surface area contributed by atoms with Crippen molar-refractivity contribution in [2.75, 3.05) is 20.1 Å². The van der Waals surface area contributed by atoms with Crippen molar-refractivity contribution in [2.45, 2.75) is 116 Å². The highest BCUT2D eigenvalue weighted by atomic mass is 16.6. The second-order valence-corrected chi connectivity index (χ2v) is 17.8. The topological polar surface area (TPSA) is 114 Å². The van der Waals surface area contributed by atoms with Crippen LogP contribution in [-0.2, 0) is 27.3 Å². The van der Waals surface area contributed by atoms with Gasteiger partial charge >= 0.3 is 0 Å². The number of hydrogen-bond acceptors (Lipinski definition) is 8. The van der Waals surface area contributed by atoms with Gasteiger partial charge in [0.25, 0.3) is 0 Å². The van der Waals surface area contributed by atoms with E-state index in [0.717, 1.165) is 12.0 Å². The molecule has 9 nitrogen and oxygen atoms in total. The fourth-order valence-electron chi connectivity index (χ4n) is 9.65. The average Bonchev–Trinajstić information content (AvgIpc) is 3.31. The third-order valence-corrected chi connectivity index (χ3v) is 12.6. The van der Waals surface area contributed by atoms with Crippen LogP contribution in [0.15, 0.2) is 83.0 Å². The van der Waals surface area contributed by atoms with E-state index in [4.69, 9.17) is 14.2 Å². The van der Waals surface area contributed by atoms with Crippen molar-refractivity contribution in [3.63, 3.8) is 0 Å². The molecule has 8 rings (SSSR count). The first-order chi connectivity index (χ1) is 26.9. The Morgan fingerprint density at radius 2 is 1.70 bits per heavy atom. The molecule has 2 aromatic carbocycles. The molecule has 2 N–H and O–H groups in total. The molecule has 1 amide bonds. The molecule has 57 heavy (non-hydrogen) atoms. The Hall–Kier alpha value is -4.73. The van der Waals surface area contributed by atoms with E-state index in [0.29, 0.717) is 66.9 Å². The molecule has 3 aliphatic heterocycles. The molecule has 1 saturated carbocycles. The Balaban J connectivity index is 1.26. The number of ether oxygens (including phenoxy) is 3. The van der Waals surface area contributed by atoms with Gasteiger partial charge in [-0.1, -0.05) is 65.8 Å². The Labute approximate surface area is 337 Å². The minimum atomic E-state index is -1.59. The van der Waals surface area contributed by atoms with Gasteiger partial charge in [-0.3, -0.25) is 14.4 Å². The lowest BCUT2D eigenvalue weighted by atomic mass is 9.51. The van der Waals surface area contributed by atoms with Crippen LogP contribution in [0, 0.1) is 11.8 Å². The first kappa shape index (κ1) is 40.5. The number of allylic oxidation sites excluding steroid dienone is 5. The molecule has 3 heterocycles. The number of ketones is 2. The van der Waals surface area contributed by atoms with E-state index in [1.54, 1.807) is 31.0 Å². The summed E-state index contributed by atoms with van der Waals surface area (Å²) in [5.74, 6) is -1.10. The maximum absolute atomic E-state index is 15.1. The normalized spacial score (nSPS) is 27.4. The van der Waals surface area contributed by atoms with Crippen molar-refractivity contribution in [1.29, 1.82) is 0 Å². The summed E-state index contributed by atoms with van der Waals surface area (Å²) in [5, 5.41) is 15.4. The number of benzene rings is 2. The van der Waals surface area contributed by atoms with Crippen LogP contribution in [0.3, 0.4) is 0 Å². The predicted octanol–water partition coefficient (Wildman–Crippen LogP) is 8.40. The first-order valence-corrected chi connectivity index (χ1v) is 20.4. The molecule has 5 atom stereocenters. The van der Waals surface area contributed by atoms with Gasteiger partial charge in [0, 0.05) is 61.6 Å². The van der Waals surface area contributed by atoms with Crippen LogP contribution in [-0.4, -0.2) is 70.0 Å². The predicted molar refractivity (Wildman–Crippen MR) is 222 cm³/mol. The van der Waals surface area contributed by atoms with E-state index in [1.807, 2.05) is 65.0 Å². The number of fused-ring (bicyclic) bond motifs is 2. The maximum Gasteiger partial charge on any atom is 0.248 e. The molecule has 2 aromatic rings. The van der Waals surface area contributed by atoms with Crippen LogP contribution < -0.4 is 14.8 Å². The Bertz CT molecular complexity index is 2150. The van der Waals surface area contributed by atoms with Gasteiger partial charge < -0.3 is 29.5 Å². The Morgan fingerprint density at radius 1 is 0.982 bits per heavy atom. The standard InChI is InChI=1S/C48H58N2O7/c1-29(2)14-13-21-46(8)22-20-34-39(51)38-40(52)36-26-33-27-37-45(6,7)57-47(43(33)53,48(36,37)56-42(38)35(41(34)55-46)18-17-30(3)4)23-19-31(5)44(54)50(9)25-24-49-28-32-15-11-10-12-16-32/h10-12,14-17,19-20,22,26,33,37,49,51H,13,18,21,23-25,27-28H2,1-9H3. The number of phenolic OH excluding ortho intramolecular Hbond substituents is 1. The second kappa shape index (κ2) is 14.9. The summed E-state index contributed by atoms with van der Waals surface area (Å²) in [6.45, 7) is 17.7. The summed E-state index contributed by atoms with van der Waals surface area (Å²) in [6.07, 6.45) is 14.0. The van der Waals surface area contributed by atoms with Crippen molar-refractivity contribution >= 4 is 23.5 Å². The largest absolute Gasteiger partial charge is 0.506 e. The van der Waals surface area contributed by atoms with Crippen LogP contribution in [0.25, 0.3) is 6.08 Å². The molecule has 3 aliphatic carbocycles. The van der Waals surface area contributed by atoms with E-state index in [2.05, 4.69) is 43.4 Å². The fourth-order valence-corrected chi connectivity index (χ4v) is 9.65. The van der Waals surface area contributed by atoms with Gasteiger partial charge in [-0.2, -0.15) is 0 Å². The monoisotopic (exact) mass is 774 g/mol. The summed E-state index contributed by atoms with van der Waals surface area (Å²) in [6, 6.07) is 10.1. The van der Waals surface area contributed by atoms with Gasteiger partial charge in [0.1, 0.15) is 28.4 Å². The van der Waals surface area contributed by atoms with E-state index in [-0.39, 0.29) is 46.9 Å². The van der Waals surface area contributed by atoms with Gasteiger partial charge in [-0.25, -0.2) is 0 Å². The quantitative estimate of drug-likeness (QED) is 0.119. The minimum Gasteiger partial charge on any atom is -0.506 e. The molecule has 1 saturated heterocycles. The summed E-state index contributed by atoms with van der Waals surface area (Å²) < 4.78 is 21.1. The summed E-state index contributed by atoms with van der Waals surface area (Å²) in [4.78, 5) is 45.2. The molecule has 0 aromatic heterocycles. The lowest BCUT2D eigenvalue weighted by Gasteiger charge is -2.56.